The maximum Gasteiger partial charge on any atom is 0.0932 e. The fraction of sp³-hybridized carbons (Fsp3) is 0.647. The Morgan fingerprint density at radius 3 is 2.38 bits per heavy atom. The Morgan fingerprint density at radius 2 is 1.81 bits per heavy atom. The number of nitrogens with two attached hydrogens (primary N) is 1. The first-order chi connectivity index (χ1) is 10.0. The summed E-state index contributed by atoms with van der Waals surface area (Å²) in [5.74, 6) is 5.94. The third kappa shape index (κ3) is 3.29. The van der Waals surface area contributed by atoms with E-state index >= 15 is 0 Å². The van der Waals surface area contributed by atoms with E-state index in [0.29, 0.717) is 6.61 Å². The lowest BCUT2D eigenvalue weighted by Gasteiger charge is -2.43. The summed E-state index contributed by atoms with van der Waals surface area (Å²) in [7, 11) is 0. The minimum Gasteiger partial charge on any atom is -0.381 e. The molecule has 1 fully saturated rings. The van der Waals surface area contributed by atoms with Crippen molar-refractivity contribution in [2.75, 3.05) is 19.8 Å². The summed E-state index contributed by atoms with van der Waals surface area (Å²) in [4.78, 5) is 0. The molecule has 0 bridgehead atoms. The molecule has 1 atom stereocenters. The quantitative estimate of drug-likeness (QED) is 0.647. The molecule has 0 saturated carbocycles. The van der Waals surface area contributed by atoms with Gasteiger partial charge in [0.25, 0.3) is 0 Å². The number of ether oxygens (including phenoxy) is 2. The number of aryl methyl sites for hydroxylation is 3. The SMILES string of the molecule is CCOC1(C(NN)c2cc(C)c(C)cc2C)CCOCC1. The van der Waals surface area contributed by atoms with Crippen molar-refractivity contribution in [2.45, 2.75) is 52.2 Å². The highest BCUT2D eigenvalue weighted by Gasteiger charge is 2.42. The van der Waals surface area contributed by atoms with E-state index in [0.717, 1.165) is 26.1 Å². The first-order valence-electron chi connectivity index (χ1n) is 7.79. The molecule has 0 spiro atoms. The van der Waals surface area contributed by atoms with Gasteiger partial charge in [-0.1, -0.05) is 12.1 Å². The average Bonchev–Trinajstić information content (AvgIpc) is 2.46. The normalized spacial score (nSPS) is 19.5. The third-order valence-corrected chi connectivity index (χ3v) is 4.66. The van der Waals surface area contributed by atoms with Gasteiger partial charge in [0.15, 0.2) is 0 Å². The van der Waals surface area contributed by atoms with Gasteiger partial charge in [-0.3, -0.25) is 11.3 Å². The Kier molecular flexibility index (Phi) is 5.38. The van der Waals surface area contributed by atoms with Crippen LogP contribution in [0.3, 0.4) is 0 Å². The molecule has 1 saturated heterocycles. The zero-order valence-electron chi connectivity index (χ0n) is 13.7. The van der Waals surface area contributed by atoms with E-state index in [1.54, 1.807) is 0 Å². The molecule has 1 unspecified atom stereocenters. The van der Waals surface area contributed by atoms with Crippen LogP contribution in [0.4, 0.5) is 0 Å². The van der Waals surface area contributed by atoms with Gasteiger partial charge in [-0.15, -0.1) is 0 Å². The van der Waals surface area contributed by atoms with Crippen molar-refractivity contribution in [1.82, 2.24) is 5.43 Å². The summed E-state index contributed by atoms with van der Waals surface area (Å²) < 4.78 is 11.7. The monoisotopic (exact) mass is 292 g/mol. The van der Waals surface area contributed by atoms with Crippen molar-refractivity contribution >= 4 is 0 Å². The van der Waals surface area contributed by atoms with Gasteiger partial charge in [0.1, 0.15) is 0 Å². The van der Waals surface area contributed by atoms with Crippen LogP contribution in [0.2, 0.25) is 0 Å². The summed E-state index contributed by atoms with van der Waals surface area (Å²) >= 11 is 0. The topological polar surface area (TPSA) is 56.5 Å². The second-order valence-electron chi connectivity index (χ2n) is 6.00. The average molecular weight is 292 g/mol. The van der Waals surface area contributed by atoms with Gasteiger partial charge < -0.3 is 9.47 Å². The van der Waals surface area contributed by atoms with Gasteiger partial charge in [-0.25, -0.2) is 0 Å². The van der Waals surface area contributed by atoms with E-state index in [9.17, 15) is 0 Å². The molecule has 0 aliphatic carbocycles. The second kappa shape index (κ2) is 6.88. The highest BCUT2D eigenvalue weighted by atomic mass is 16.5. The second-order valence-corrected chi connectivity index (χ2v) is 6.00. The van der Waals surface area contributed by atoms with Crippen molar-refractivity contribution in [3.05, 3.63) is 34.4 Å². The first-order valence-corrected chi connectivity index (χ1v) is 7.79. The van der Waals surface area contributed by atoms with E-state index in [1.807, 2.05) is 6.92 Å². The largest absolute Gasteiger partial charge is 0.381 e. The van der Waals surface area contributed by atoms with E-state index < -0.39 is 0 Å². The summed E-state index contributed by atoms with van der Waals surface area (Å²) in [6.07, 6.45) is 1.73. The molecule has 21 heavy (non-hydrogen) atoms. The van der Waals surface area contributed by atoms with Crippen LogP contribution in [0.5, 0.6) is 0 Å². The maximum atomic E-state index is 6.18. The fourth-order valence-corrected chi connectivity index (χ4v) is 3.34. The Labute approximate surface area is 128 Å². The van der Waals surface area contributed by atoms with Crippen LogP contribution in [0, 0.1) is 20.8 Å². The Balaban J connectivity index is 2.43. The molecule has 4 heteroatoms. The molecule has 2 rings (SSSR count). The molecule has 1 aliphatic rings. The smallest absolute Gasteiger partial charge is 0.0932 e. The molecule has 0 aromatic heterocycles. The molecule has 1 heterocycles. The van der Waals surface area contributed by atoms with Crippen molar-refractivity contribution in [2.24, 2.45) is 5.84 Å². The van der Waals surface area contributed by atoms with Crippen LogP contribution in [-0.2, 0) is 9.47 Å². The predicted octanol–water partition coefficient (Wildman–Crippen LogP) is 2.70. The zero-order valence-corrected chi connectivity index (χ0v) is 13.7. The highest BCUT2D eigenvalue weighted by Crippen LogP contribution is 2.39. The van der Waals surface area contributed by atoms with Gasteiger partial charge >= 0.3 is 0 Å². The predicted molar refractivity (Wildman–Crippen MR) is 85.1 cm³/mol. The van der Waals surface area contributed by atoms with E-state index in [4.69, 9.17) is 15.3 Å². The lowest BCUT2D eigenvalue weighted by molar-refractivity contribution is -0.128. The van der Waals surface area contributed by atoms with Gasteiger partial charge in [0.2, 0.25) is 0 Å². The molecule has 0 amide bonds. The minimum atomic E-state index is -0.284. The molecule has 4 nitrogen and oxygen atoms in total. The Bertz CT molecular complexity index is 476. The highest BCUT2D eigenvalue weighted by molar-refractivity contribution is 5.39. The first kappa shape index (κ1) is 16.4. The molecule has 1 aliphatic heterocycles. The van der Waals surface area contributed by atoms with Crippen LogP contribution >= 0.6 is 0 Å². The Morgan fingerprint density at radius 1 is 1.19 bits per heavy atom. The number of hydrazine groups is 1. The number of hydrogen-bond donors (Lipinski definition) is 2. The summed E-state index contributed by atoms with van der Waals surface area (Å²) in [6, 6.07) is 4.46. The number of nitrogens with one attached hydrogen (secondary N) is 1. The van der Waals surface area contributed by atoms with Crippen molar-refractivity contribution in [3.8, 4) is 0 Å². The van der Waals surface area contributed by atoms with E-state index in [1.165, 1.54) is 22.3 Å². The Hall–Kier alpha value is -0.940. The number of rotatable bonds is 5. The molecule has 1 aromatic carbocycles. The molecular formula is C17H28N2O2. The van der Waals surface area contributed by atoms with E-state index in [2.05, 4.69) is 38.3 Å². The van der Waals surface area contributed by atoms with Crippen LogP contribution in [0.1, 0.15) is 48.1 Å². The van der Waals surface area contributed by atoms with Crippen LogP contribution in [0.15, 0.2) is 12.1 Å². The van der Waals surface area contributed by atoms with Crippen molar-refractivity contribution < 1.29 is 9.47 Å². The minimum absolute atomic E-state index is 0.0133. The molecule has 3 N–H and O–H groups in total. The fourth-order valence-electron chi connectivity index (χ4n) is 3.34. The number of benzene rings is 1. The third-order valence-electron chi connectivity index (χ3n) is 4.66. The van der Waals surface area contributed by atoms with Gasteiger partial charge in [0.05, 0.1) is 11.6 Å². The van der Waals surface area contributed by atoms with Gasteiger partial charge in [-0.05, 0) is 49.9 Å². The zero-order chi connectivity index (χ0) is 15.5. The van der Waals surface area contributed by atoms with Crippen LogP contribution < -0.4 is 11.3 Å². The summed E-state index contributed by atoms with van der Waals surface area (Å²) in [5.41, 5.74) is 7.82. The molecule has 118 valence electrons. The maximum absolute atomic E-state index is 6.18. The lowest BCUT2D eigenvalue weighted by atomic mass is 9.80. The summed E-state index contributed by atoms with van der Waals surface area (Å²) in [5, 5.41) is 0. The molecule has 0 radical (unpaired) electrons. The van der Waals surface area contributed by atoms with Gasteiger partial charge in [0, 0.05) is 32.7 Å². The van der Waals surface area contributed by atoms with Crippen molar-refractivity contribution in [3.63, 3.8) is 0 Å². The molecule has 1 aromatic rings. The number of hydrogen-bond acceptors (Lipinski definition) is 4. The standard InChI is InChI=1S/C17H28N2O2/c1-5-21-17(6-8-20-9-7-17)16(19-18)15-11-13(3)12(2)10-14(15)4/h10-11,16,19H,5-9,18H2,1-4H3. The van der Waals surface area contributed by atoms with Crippen molar-refractivity contribution in [1.29, 1.82) is 0 Å². The van der Waals surface area contributed by atoms with Crippen LogP contribution in [0.25, 0.3) is 0 Å². The van der Waals surface area contributed by atoms with E-state index in [-0.39, 0.29) is 11.6 Å². The van der Waals surface area contributed by atoms with Crippen LogP contribution in [-0.4, -0.2) is 25.4 Å². The van der Waals surface area contributed by atoms with Gasteiger partial charge in [-0.2, -0.15) is 0 Å². The lowest BCUT2D eigenvalue weighted by Crippen LogP contribution is -2.52. The summed E-state index contributed by atoms with van der Waals surface area (Å²) in [6.45, 7) is 10.6. The molecular weight excluding hydrogens is 264 g/mol.